The van der Waals surface area contributed by atoms with Gasteiger partial charge in [-0.2, -0.15) is 0 Å². The molecule has 0 saturated carbocycles. The first-order valence-corrected chi connectivity index (χ1v) is 12.1. The first-order valence-electron chi connectivity index (χ1n) is 12.1. The molecule has 0 aliphatic carbocycles. The molecule has 5 rings (SSSR count). The Labute approximate surface area is 210 Å². The van der Waals surface area contributed by atoms with Crippen molar-refractivity contribution in [1.82, 2.24) is 25.1 Å². The summed E-state index contributed by atoms with van der Waals surface area (Å²) in [6.45, 7) is 3.92. The monoisotopic (exact) mass is 486 g/mol. The fourth-order valence-electron chi connectivity index (χ4n) is 4.62. The fourth-order valence-corrected chi connectivity index (χ4v) is 4.62. The van der Waals surface area contributed by atoms with Gasteiger partial charge in [-0.05, 0) is 49.6 Å². The topological polar surface area (TPSA) is 94.4 Å². The van der Waals surface area contributed by atoms with E-state index in [4.69, 9.17) is 9.47 Å². The Hall–Kier alpha value is -4.14. The van der Waals surface area contributed by atoms with E-state index in [2.05, 4.69) is 44.3 Å². The van der Waals surface area contributed by atoms with Crippen LogP contribution in [0.25, 0.3) is 16.7 Å². The number of aromatic nitrogens is 4. The number of benzene rings is 2. The summed E-state index contributed by atoms with van der Waals surface area (Å²) in [7, 11) is 3.21. The zero-order chi connectivity index (χ0) is 25.1. The summed E-state index contributed by atoms with van der Waals surface area (Å²) >= 11 is 0. The van der Waals surface area contributed by atoms with E-state index in [0.29, 0.717) is 30.2 Å². The Kier molecular flexibility index (Phi) is 6.71. The standard InChI is InChI=1S/C27H30N6O3/c1-18-6-9-21(10-7-18)33-16-22-25(31-33)29-17-30-26(22)32-12-4-5-20(15-32)27(34)28-14-19-8-11-23(35-2)24(13-19)36-3/h6-11,13,16-17,20H,4-5,12,14-15H2,1-3H3,(H,28,34). The molecule has 1 aliphatic heterocycles. The Morgan fingerprint density at radius 3 is 2.67 bits per heavy atom. The predicted molar refractivity (Wildman–Crippen MR) is 138 cm³/mol. The maximum Gasteiger partial charge on any atom is 0.225 e. The smallest absolute Gasteiger partial charge is 0.225 e. The number of ether oxygens (including phenoxy) is 2. The van der Waals surface area contributed by atoms with Gasteiger partial charge in [0.2, 0.25) is 5.91 Å². The molecule has 9 heteroatoms. The van der Waals surface area contributed by atoms with Crippen molar-refractivity contribution in [2.75, 3.05) is 32.2 Å². The number of amides is 1. The minimum absolute atomic E-state index is 0.0372. The van der Waals surface area contributed by atoms with Gasteiger partial charge in [0.05, 0.1) is 31.2 Å². The summed E-state index contributed by atoms with van der Waals surface area (Å²) in [6.07, 6.45) is 5.26. The quantitative estimate of drug-likeness (QED) is 0.426. The van der Waals surface area contributed by atoms with Crippen molar-refractivity contribution in [2.24, 2.45) is 5.92 Å². The van der Waals surface area contributed by atoms with Gasteiger partial charge in [0.25, 0.3) is 0 Å². The average molecular weight is 487 g/mol. The zero-order valence-electron chi connectivity index (χ0n) is 20.8. The van der Waals surface area contributed by atoms with Gasteiger partial charge in [-0.1, -0.05) is 23.8 Å². The molecule has 2 aromatic heterocycles. The molecule has 2 aromatic carbocycles. The van der Waals surface area contributed by atoms with Crippen molar-refractivity contribution in [3.05, 3.63) is 66.1 Å². The van der Waals surface area contributed by atoms with Crippen molar-refractivity contribution in [2.45, 2.75) is 26.3 Å². The van der Waals surface area contributed by atoms with Gasteiger partial charge < -0.3 is 19.7 Å². The van der Waals surface area contributed by atoms with Gasteiger partial charge in [0, 0.05) is 25.8 Å². The maximum absolute atomic E-state index is 13.1. The summed E-state index contributed by atoms with van der Waals surface area (Å²) in [5, 5.41) is 8.62. The van der Waals surface area contributed by atoms with E-state index in [1.165, 1.54) is 5.56 Å². The second-order valence-corrected chi connectivity index (χ2v) is 9.04. The molecular formula is C27H30N6O3. The highest BCUT2D eigenvalue weighted by molar-refractivity contribution is 5.87. The van der Waals surface area contributed by atoms with Crippen LogP contribution >= 0.6 is 0 Å². The van der Waals surface area contributed by atoms with Crippen molar-refractivity contribution >= 4 is 22.8 Å². The summed E-state index contributed by atoms with van der Waals surface area (Å²) in [5.41, 5.74) is 3.76. The minimum Gasteiger partial charge on any atom is -0.493 e. The van der Waals surface area contributed by atoms with E-state index >= 15 is 0 Å². The van der Waals surface area contributed by atoms with Crippen LogP contribution in [0.4, 0.5) is 5.82 Å². The third kappa shape index (κ3) is 4.82. The molecule has 1 amide bonds. The molecule has 1 fully saturated rings. The molecule has 9 nitrogen and oxygen atoms in total. The number of methoxy groups -OCH3 is 2. The molecular weight excluding hydrogens is 456 g/mol. The largest absolute Gasteiger partial charge is 0.493 e. The van der Waals surface area contributed by atoms with Crippen molar-refractivity contribution in [3.63, 3.8) is 0 Å². The van der Waals surface area contributed by atoms with Gasteiger partial charge in [-0.25, -0.2) is 14.6 Å². The number of rotatable bonds is 7. The van der Waals surface area contributed by atoms with E-state index < -0.39 is 0 Å². The van der Waals surface area contributed by atoms with Gasteiger partial charge in [-0.3, -0.25) is 4.79 Å². The third-order valence-corrected chi connectivity index (χ3v) is 6.60. The van der Waals surface area contributed by atoms with E-state index in [9.17, 15) is 4.79 Å². The molecule has 186 valence electrons. The number of nitrogens with one attached hydrogen (secondary N) is 1. The number of fused-ring (bicyclic) bond motifs is 1. The number of carbonyl (C=O) groups excluding carboxylic acids is 1. The Morgan fingerprint density at radius 2 is 1.89 bits per heavy atom. The number of hydrogen-bond acceptors (Lipinski definition) is 7. The Balaban J connectivity index is 1.29. The molecule has 3 heterocycles. The lowest BCUT2D eigenvalue weighted by Crippen LogP contribution is -2.43. The van der Waals surface area contributed by atoms with E-state index in [1.807, 2.05) is 41.2 Å². The number of nitrogens with zero attached hydrogens (tertiary/aromatic N) is 5. The predicted octanol–water partition coefficient (Wildman–Crippen LogP) is 3.67. The highest BCUT2D eigenvalue weighted by Gasteiger charge is 2.28. The van der Waals surface area contributed by atoms with Crippen LogP contribution in [0.5, 0.6) is 11.5 Å². The van der Waals surface area contributed by atoms with E-state index in [-0.39, 0.29) is 11.8 Å². The third-order valence-electron chi connectivity index (χ3n) is 6.60. The Bertz CT molecular complexity index is 1370. The van der Waals surface area contributed by atoms with Gasteiger partial charge in [-0.15, -0.1) is 5.10 Å². The number of aryl methyl sites for hydroxylation is 1. The molecule has 1 N–H and O–H groups in total. The first-order chi connectivity index (χ1) is 17.6. The number of anilines is 1. The highest BCUT2D eigenvalue weighted by atomic mass is 16.5. The first kappa shape index (κ1) is 23.6. The van der Waals surface area contributed by atoms with Crippen LogP contribution in [-0.2, 0) is 11.3 Å². The molecule has 1 atom stereocenters. The summed E-state index contributed by atoms with van der Waals surface area (Å²) in [4.78, 5) is 24.2. The molecule has 1 unspecified atom stereocenters. The summed E-state index contributed by atoms with van der Waals surface area (Å²) < 4.78 is 12.5. The molecule has 0 radical (unpaired) electrons. The molecule has 1 saturated heterocycles. The van der Waals surface area contributed by atoms with Crippen LogP contribution in [0.3, 0.4) is 0 Å². The lowest BCUT2D eigenvalue weighted by molar-refractivity contribution is -0.125. The fraction of sp³-hybridized carbons (Fsp3) is 0.333. The normalized spacial score (nSPS) is 15.6. The molecule has 1 aliphatic rings. The van der Waals surface area contributed by atoms with Crippen LogP contribution in [0.2, 0.25) is 0 Å². The second kappa shape index (κ2) is 10.2. The second-order valence-electron chi connectivity index (χ2n) is 9.04. The van der Waals surface area contributed by atoms with Gasteiger partial charge in [0.15, 0.2) is 17.1 Å². The van der Waals surface area contributed by atoms with E-state index in [1.54, 1.807) is 20.5 Å². The average Bonchev–Trinajstić information content (AvgIpc) is 3.36. The molecule has 0 spiro atoms. The van der Waals surface area contributed by atoms with Crippen LogP contribution in [0.1, 0.15) is 24.0 Å². The maximum atomic E-state index is 13.1. The SMILES string of the molecule is COc1ccc(CNC(=O)C2CCCN(c3ncnc4nn(-c5ccc(C)cc5)cc34)C2)cc1OC. The van der Waals surface area contributed by atoms with E-state index in [0.717, 1.165) is 41.8 Å². The van der Waals surface area contributed by atoms with Crippen LogP contribution in [0.15, 0.2) is 55.0 Å². The Morgan fingerprint density at radius 1 is 1.08 bits per heavy atom. The number of carbonyl (C=O) groups is 1. The van der Waals surface area contributed by atoms with Crippen molar-refractivity contribution in [1.29, 1.82) is 0 Å². The van der Waals surface area contributed by atoms with Gasteiger partial charge in [0.1, 0.15) is 12.1 Å². The van der Waals surface area contributed by atoms with Crippen molar-refractivity contribution in [3.8, 4) is 17.2 Å². The van der Waals surface area contributed by atoms with Gasteiger partial charge >= 0.3 is 0 Å². The summed E-state index contributed by atoms with van der Waals surface area (Å²) in [5.74, 6) is 2.03. The lowest BCUT2D eigenvalue weighted by Gasteiger charge is -2.33. The van der Waals surface area contributed by atoms with Crippen LogP contribution in [-0.4, -0.2) is 53.0 Å². The zero-order valence-corrected chi connectivity index (χ0v) is 20.8. The minimum atomic E-state index is -0.129. The molecule has 4 aromatic rings. The van der Waals surface area contributed by atoms with Crippen LogP contribution in [0, 0.1) is 12.8 Å². The highest BCUT2D eigenvalue weighted by Crippen LogP contribution is 2.29. The van der Waals surface area contributed by atoms with Crippen LogP contribution < -0.4 is 19.7 Å². The van der Waals surface area contributed by atoms with Crippen molar-refractivity contribution < 1.29 is 14.3 Å². The lowest BCUT2D eigenvalue weighted by atomic mass is 9.97. The molecule has 0 bridgehead atoms. The number of piperidine rings is 1. The number of hydrogen-bond donors (Lipinski definition) is 1. The molecule has 36 heavy (non-hydrogen) atoms. The summed E-state index contributed by atoms with van der Waals surface area (Å²) in [6, 6.07) is 13.9.